The van der Waals surface area contributed by atoms with Crippen molar-refractivity contribution in [3.63, 3.8) is 0 Å². The van der Waals surface area contributed by atoms with E-state index < -0.39 is 5.97 Å². The summed E-state index contributed by atoms with van der Waals surface area (Å²) < 4.78 is 4.94. The van der Waals surface area contributed by atoms with Gasteiger partial charge in [0.15, 0.2) is 0 Å². The molecule has 0 aliphatic heterocycles. The molecule has 1 aromatic rings. The van der Waals surface area contributed by atoms with E-state index in [9.17, 15) is 9.59 Å². The van der Waals surface area contributed by atoms with E-state index in [1.165, 1.54) is 0 Å². The van der Waals surface area contributed by atoms with Gasteiger partial charge in [0.05, 0.1) is 6.61 Å². The topological polar surface area (TPSA) is 80.3 Å². The van der Waals surface area contributed by atoms with Crippen LogP contribution < -0.4 is 10.6 Å². The van der Waals surface area contributed by atoms with Gasteiger partial charge in [0, 0.05) is 25.7 Å². The molecule has 1 aromatic heterocycles. The lowest BCUT2D eigenvalue weighted by Crippen LogP contribution is -2.25. The molecule has 0 spiro atoms. The van der Waals surface area contributed by atoms with E-state index in [2.05, 4.69) is 15.6 Å². The number of ether oxygens (including phenoxy) is 1. The van der Waals surface area contributed by atoms with Crippen LogP contribution in [0, 0.1) is 0 Å². The minimum Gasteiger partial charge on any atom is -0.462 e. The van der Waals surface area contributed by atoms with Gasteiger partial charge in [-0.15, -0.1) is 0 Å². The van der Waals surface area contributed by atoms with Gasteiger partial charge in [0.2, 0.25) is 5.91 Å². The largest absolute Gasteiger partial charge is 0.462 e. The van der Waals surface area contributed by atoms with Crippen LogP contribution in [0.5, 0.6) is 0 Å². The van der Waals surface area contributed by atoms with E-state index in [0.29, 0.717) is 37.5 Å². The quantitative estimate of drug-likeness (QED) is 0.724. The lowest BCUT2D eigenvalue weighted by atomic mass is 10.2. The number of carbonyl (C=O) groups is 2. The van der Waals surface area contributed by atoms with Crippen LogP contribution >= 0.6 is 0 Å². The van der Waals surface area contributed by atoms with Gasteiger partial charge in [-0.25, -0.2) is 9.78 Å². The molecule has 6 heteroatoms. The van der Waals surface area contributed by atoms with Gasteiger partial charge in [-0.05, 0) is 26.0 Å². The minimum absolute atomic E-state index is 0.0383. The first-order valence-electron chi connectivity index (χ1n) is 6.31. The summed E-state index contributed by atoms with van der Waals surface area (Å²) in [7, 11) is 0. The van der Waals surface area contributed by atoms with Crippen molar-refractivity contribution in [1.82, 2.24) is 10.3 Å². The molecule has 0 unspecified atom stereocenters. The first kappa shape index (κ1) is 14.9. The molecule has 0 fully saturated rings. The molecule has 0 aromatic carbocycles. The molecule has 0 atom stereocenters. The van der Waals surface area contributed by atoms with Gasteiger partial charge >= 0.3 is 5.97 Å². The Balaban J connectivity index is 2.58. The summed E-state index contributed by atoms with van der Waals surface area (Å²) in [6, 6.07) is 3.31. The van der Waals surface area contributed by atoms with E-state index in [0.717, 1.165) is 0 Å². The van der Waals surface area contributed by atoms with Crippen molar-refractivity contribution in [3.05, 3.63) is 23.9 Å². The summed E-state index contributed by atoms with van der Waals surface area (Å²) in [6.45, 7) is 4.94. The van der Waals surface area contributed by atoms with Crippen LogP contribution in [0.3, 0.4) is 0 Å². The van der Waals surface area contributed by atoms with E-state index in [-0.39, 0.29) is 5.91 Å². The summed E-state index contributed by atoms with van der Waals surface area (Å²) >= 11 is 0. The fourth-order valence-corrected chi connectivity index (χ4v) is 1.50. The SMILES string of the molecule is CCNC(=O)CCNc1ncccc1C(=O)OCC. The van der Waals surface area contributed by atoms with Crippen molar-refractivity contribution >= 4 is 17.7 Å². The standard InChI is InChI=1S/C13H19N3O3/c1-3-14-11(17)7-9-16-12-10(6-5-8-15-12)13(18)19-4-2/h5-6,8H,3-4,7,9H2,1-2H3,(H,14,17)(H,15,16). The first-order chi connectivity index (χ1) is 9.19. The fraction of sp³-hybridized carbons (Fsp3) is 0.462. The van der Waals surface area contributed by atoms with Gasteiger partial charge < -0.3 is 15.4 Å². The van der Waals surface area contributed by atoms with Gasteiger partial charge in [-0.2, -0.15) is 0 Å². The summed E-state index contributed by atoms with van der Waals surface area (Å²) in [5.41, 5.74) is 0.375. The zero-order valence-corrected chi connectivity index (χ0v) is 11.2. The molecule has 0 bridgehead atoms. The average molecular weight is 265 g/mol. The maximum absolute atomic E-state index is 11.7. The smallest absolute Gasteiger partial charge is 0.341 e. The molecule has 0 saturated carbocycles. The number of aromatic nitrogens is 1. The van der Waals surface area contributed by atoms with Crippen LogP contribution in [0.2, 0.25) is 0 Å². The predicted molar refractivity (Wildman–Crippen MR) is 72.0 cm³/mol. The van der Waals surface area contributed by atoms with E-state index in [4.69, 9.17) is 4.74 Å². The Morgan fingerprint density at radius 1 is 1.37 bits per heavy atom. The Morgan fingerprint density at radius 2 is 2.16 bits per heavy atom. The number of hydrogen-bond acceptors (Lipinski definition) is 5. The zero-order chi connectivity index (χ0) is 14.1. The highest BCUT2D eigenvalue weighted by Gasteiger charge is 2.12. The Morgan fingerprint density at radius 3 is 2.84 bits per heavy atom. The molecule has 1 rings (SSSR count). The van der Waals surface area contributed by atoms with Crippen molar-refractivity contribution < 1.29 is 14.3 Å². The highest BCUT2D eigenvalue weighted by Crippen LogP contribution is 2.12. The molecule has 1 amide bonds. The van der Waals surface area contributed by atoms with Crippen LogP contribution in [0.4, 0.5) is 5.82 Å². The molecular weight excluding hydrogens is 246 g/mol. The number of nitrogens with one attached hydrogen (secondary N) is 2. The number of pyridine rings is 1. The van der Waals surface area contributed by atoms with Crippen molar-refractivity contribution in [3.8, 4) is 0 Å². The van der Waals surface area contributed by atoms with E-state index >= 15 is 0 Å². The maximum Gasteiger partial charge on any atom is 0.341 e. The number of anilines is 1. The lowest BCUT2D eigenvalue weighted by Gasteiger charge is -2.09. The van der Waals surface area contributed by atoms with Crippen LogP contribution in [0.15, 0.2) is 18.3 Å². The zero-order valence-electron chi connectivity index (χ0n) is 11.2. The summed E-state index contributed by atoms with van der Waals surface area (Å²) in [5.74, 6) is -0.0232. The normalized spacial score (nSPS) is 9.79. The number of esters is 1. The second kappa shape index (κ2) is 8.07. The third-order valence-corrected chi connectivity index (χ3v) is 2.32. The van der Waals surface area contributed by atoms with Gasteiger partial charge in [-0.1, -0.05) is 0 Å². The Kier molecular flexibility index (Phi) is 6.35. The molecule has 0 aliphatic carbocycles. The second-order valence-corrected chi connectivity index (χ2v) is 3.75. The van der Waals surface area contributed by atoms with Gasteiger partial charge in [0.25, 0.3) is 0 Å². The molecule has 0 saturated heterocycles. The molecule has 0 radical (unpaired) electrons. The predicted octanol–water partition coefficient (Wildman–Crippen LogP) is 1.20. The van der Waals surface area contributed by atoms with Crippen molar-refractivity contribution in [1.29, 1.82) is 0 Å². The Hall–Kier alpha value is -2.11. The summed E-state index contributed by atoms with van der Waals surface area (Å²) in [4.78, 5) is 27.1. The Labute approximate surface area is 112 Å². The van der Waals surface area contributed by atoms with Crippen LogP contribution in [0.25, 0.3) is 0 Å². The van der Waals surface area contributed by atoms with Gasteiger partial charge in [0.1, 0.15) is 11.4 Å². The Bertz CT molecular complexity index is 435. The van der Waals surface area contributed by atoms with E-state index in [1.54, 1.807) is 25.3 Å². The highest BCUT2D eigenvalue weighted by molar-refractivity contribution is 5.94. The minimum atomic E-state index is -0.420. The summed E-state index contributed by atoms with van der Waals surface area (Å²) in [6.07, 6.45) is 1.91. The summed E-state index contributed by atoms with van der Waals surface area (Å²) in [5, 5.41) is 5.67. The maximum atomic E-state index is 11.7. The van der Waals surface area contributed by atoms with Crippen LogP contribution in [0.1, 0.15) is 30.6 Å². The molecule has 0 aliphatic rings. The van der Waals surface area contributed by atoms with E-state index in [1.807, 2.05) is 6.92 Å². The average Bonchev–Trinajstić information content (AvgIpc) is 2.40. The number of hydrogen-bond donors (Lipinski definition) is 2. The van der Waals surface area contributed by atoms with Crippen molar-refractivity contribution in [2.45, 2.75) is 20.3 Å². The van der Waals surface area contributed by atoms with Gasteiger partial charge in [-0.3, -0.25) is 4.79 Å². The van der Waals surface area contributed by atoms with Crippen molar-refractivity contribution in [2.75, 3.05) is 25.0 Å². The highest BCUT2D eigenvalue weighted by atomic mass is 16.5. The monoisotopic (exact) mass is 265 g/mol. The lowest BCUT2D eigenvalue weighted by molar-refractivity contribution is -0.120. The number of carbonyl (C=O) groups excluding carboxylic acids is 2. The number of nitrogens with zero attached hydrogens (tertiary/aromatic N) is 1. The molecule has 6 nitrogen and oxygen atoms in total. The molecular formula is C13H19N3O3. The number of rotatable bonds is 7. The molecule has 19 heavy (non-hydrogen) atoms. The molecule has 1 heterocycles. The second-order valence-electron chi connectivity index (χ2n) is 3.75. The fourth-order valence-electron chi connectivity index (χ4n) is 1.50. The third-order valence-electron chi connectivity index (χ3n) is 2.32. The molecule has 2 N–H and O–H groups in total. The van der Waals surface area contributed by atoms with Crippen LogP contribution in [-0.4, -0.2) is 36.6 Å². The number of amides is 1. The third kappa shape index (κ3) is 4.95. The van der Waals surface area contributed by atoms with Crippen LogP contribution in [-0.2, 0) is 9.53 Å². The first-order valence-corrected chi connectivity index (χ1v) is 6.31. The molecule has 104 valence electrons. The van der Waals surface area contributed by atoms with Crippen molar-refractivity contribution in [2.24, 2.45) is 0 Å².